The minimum Gasteiger partial charge on any atom is -0.351 e. The molecule has 6 rings (SSSR count). The minimum atomic E-state index is -0.141. The molecule has 2 aliphatic carbocycles. The Morgan fingerprint density at radius 2 is 2.07 bits per heavy atom. The van der Waals surface area contributed by atoms with E-state index in [1.165, 1.54) is 4.90 Å². The summed E-state index contributed by atoms with van der Waals surface area (Å²) in [5, 5.41) is 1.04. The molecule has 1 N–H and O–H groups in total. The van der Waals surface area contributed by atoms with Gasteiger partial charge in [0.1, 0.15) is 5.69 Å². The SMILES string of the molecule is CSc1ccc2[nH]c(C(=O)N3C[C@H]4C[C@@]45C3=CC(=O)c3ccccc35)cc2c1. The molecule has 3 aromatic rings. The lowest BCUT2D eigenvalue weighted by atomic mass is 9.81. The molecule has 2 atom stereocenters. The van der Waals surface area contributed by atoms with Crippen LogP contribution in [-0.2, 0) is 5.41 Å². The molecule has 1 aliphatic heterocycles. The number of aromatic amines is 1. The maximum absolute atomic E-state index is 13.3. The maximum atomic E-state index is 13.3. The lowest BCUT2D eigenvalue weighted by Gasteiger charge is -2.29. The Bertz CT molecular complexity index is 1220. The summed E-state index contributed by atoms with van der Waals surface area (Å²) < 4.78 is 0. The lowest BCUT2D eigenvalue weighted by Crippen LogP contribution is -2.33. The van der Waals surface area contributed by atoms with E-state index in [0.29, 0.717) is 18.2 Å². The quantitative estimate of drug-likeness (QED) is 0.665. The molecule has 28 heavy (non-hydrogen) atoms. The van der Waals surface area contributed by atoms with Crippen LogP contribution < -0.4 is 0 Å². The number of nitrogens with zero attached hydrogens (tertiary/aromatic N) is 1. The zero-order chi connectivity index (χ0) is 19.0. The zero-order valence-corrected chi connectivity index (χ0v) is 16.2. The normalized spacial score (nSPS) is 24.6. The van der Waals surface area contributed by atoms with Crippen LogP contribution in [0.1, 0.15) is 32.8 Å². The van der Waals surface area contributed by atoms with Gasteiger partial charge in [0.15, 0.2) is 5.78 Å². The smallest absolute Gasteiger partial charge is 0.274 e. The van der Waals surface area contributed by atoms with Crippen molar-refractivity contribution in [3.05, 3.63) is 77.1 Å². The number of hydrogen-bond donors (Lipinski definition) is 1. The Hall–Kier alpha value is -2.79. The van der Waals surface area contributed by atoms with E-state index in [1.54, 1.807) is 17.8 Å². The summed E-state index contributed by atoms with van der Waals surface area (Å²) >= 11 is 1.68. The number of nitrogens with one attached hydrogen (secondary N) is 1. The summed E-state index contributed by atoms with van der Waals surface area (Å²) in [6.07, 6.45) is 4.76. The van der Waals surface area contributed by atoms with E-state index in [2.05, 4.69) is 23.2 Å². The second-order valence-electron chi connectivity index (χ2n) is 7.86. The number of allylic oxidation sites excluding steroid dienone is 2. The van der Waals surface area contributed by atoms with E-state index < -0.39 is 0 Å². The highest BCUT2D eigenvalue weighted by Crippen LogP contribution is 2.66. The van der Waals surface area contributed by atoms with Crippen LogP contribution in [0.4, 0.5) is 0 Å². The van der Waals surface area contributed by atoms with Gasteiger partial charge in [0.05, 0.1) is 0 Å². The van der Waals surface area contributed by atoms with E-state index >= 15 is 0 Å². The lowest BCUT2D eigenvalue weighted by molar-refractivity contribution is 0.0806. The molecular weight excluding hydrogens is 368 g/mol. The third-order valence-corrected chi connectivity index (χ3v) is 7.23. The Morgan fingerprint density at radius 1 is 1.21 bits per heavy atom. The number of aromatic nitrogens is 1. The molecule has 0 unspecified atom stereocenters. The number of likely N-dealkylation sites (tertiary alicyclic amines) is 1. The first-order chi connectivity index (χ1) is 13.6. The highest BCUT2D eigenvalue weighted by atomic mass is 32.2. The fourth-order valence-corrected chi connectivity index (χ4v) is 5.53. The van der Waals surface area contributed by atoms with Crippen molar-refractivity contribution >= 4 is 34.4 Å². The van der Waals surface area contributed by atoms with Crippen molar-refractivity contribution in [2.24, 2.45) is 5.92 Å². The van der Waals surface area contributed by atoms with Crippen LogP contribution in [0.3, 0.4) is 0 Å². The van der Waals surface area contributed by atoms with E-state index in [9.17, 15) is 9.59 Å². The molecule has 138 valence electrons. The number of thioether (sulfide) groups is 1. The second kappa shape index (κ2) is 5.39. The van der Waals surface area contributed by atoms with Gasteiger partial charge in [0.25, 0.3) is 5.91 Å². The highest BCUT2D eigenvalue weighted by molar-refractivity contribution is 7.98. The van der Waals surface area contributed by atoms with Gasteiger partial charge in [0, 0.05) is 45.1 Å². The first-order valence-electron chi connectivity index (χ1n) is 9.46. The molecule has 1 amide bonds. The summed E-state index contributed by atoms with van der Waals surface area (Å²) in [6.45, 7) is 0.678. The van der Waals surface area contributed by atoms with Gasteiger partial charge in [-0.3, -0.25) is 9.59 Å². The van der Waals surface area contributed by atoms with Crippen LogP contribution in [0.2, 0.25) is 0 Å². The van der Waals surface area contributed by atoms with Crippen molar-refractivity contribution in [1.29, 1.82) is 0 Å². The van der Waals surface area contributed by atoms with Gasteiger partial charge >= 0.3 is 0 Å². The Balaban J connectivity index is 1.41. The number of H-pyrrole nitrogens is 1. The number of rotatable bonds is 2. The van der Waals surface area contributed by atoms with Gasteiger partial charge in [-0.15, -0.1) is 11.8 Å². The summed E-state index contributed by atoms with van der Waals surface area (Å²) in [5.41, 5.74) is 4.17. The molecule has 0 radical (unpaired) electrons. The Labute approximate surface area is 166 Å². The van der Waals surface area contributed by atoms with Crippen LogP contribution >= 0.6 is 11.8 Å². The number of piperidine rings is 1. The standard InChI is InChI=1S/C23H18N2O2S/c1-28-15-6-7-18-13(8-15)9-19(24-18)22(27)25-12-14-11-23(14)17-5-3-2-4-16(17)20(26)10-21(23)25/h2-10,14,24H,11-12H2,1H3/t14-,23-/m1/s1. The molecule has 1 aromatic heterocycles. The summed E-state index contributed by atoms with van der Waals surface area (Å²) in [5.74, 6) is 0.360. The van der Waals surface area contributed by atoms with Crippen molar-refractivity contribution in [2.75, 3.05) is 12.8 Å². The molecule has 2 fully saturated rings. The molecule has 0 bridgehead atoms. The van der Waals surface area contributed by atoms with E-state index in [1.807, 2.05) is 41.5 Å². The van der Waals surface area contributed by atoms with Gasteiger partial charge in [-0.25, -0.2) is 0 Å². The number of amides is 1. The predicted molar refractivity (Wildman–Crippen MR) is 110 cm³/mol. The molecule has 1 saturated heterocycles. The van der Waals surface area contributed by atoms with Crippen LogP contribution in [0.15, 0.2) is 65.2 Å². The predicted octanol–water partition coefficient (Wildman–Crippen LogP) is 4.38. The van der Waals surface area contributed by atoms with Crippen molar-refractivity contribution in [3.63, 3.8) is 0 Å². The van der Waals surface area contributed by atoms with Gasteiger partial charge in [0.2, 0.25) is 0 Å². The third-order valence-electron chi connectivity index (χ3n) is 6.50. The highest BCUT2D eigenvalue weighted by Gasteiger charge is 2.67. The number of carbonyl (C=O) groups excluding carboxylic acids is 2. The van der Waals surface area contributed by atoms with Crippen molar-refractivity contribution in [3.8, 4) is 0 Å². The van der Waals surface area contributed by atoms with E-state index in [-0.39, 0.29) is 17.1 Å². The van der Waals surface area contributed by atoms with E-state index in [4.69, 9.17) is 0 Å². The largest absolute Gasteiger partial charge is 0.351 e. The molecule has 4 nitrogen and oxygen atoms in total. The fraction of sp³-hybridized carbons (Fsp3) is 0.217. The summed E-state index contributed by atoms with van der Waals surface area (Å²) in [4.78, 5) is 32.3. The number of ketones is 1. The molecule has 3 aliphatic rings. The topological polar surface area (TPSA) is 53.2 Å². The Kier molecular flexibility index (Phi) is 3.11. The zero-order valence-electron chi connectivity index (χ0n) is 15.4. The maximum Gasteiger partial charge on any atom is 0.274 e. The first-order valence-corrected chi connectivity index (χ1v) is 10.7. The molecule has 2 heterocycles. The molecule has 1 saturated carbocycles. The molecule has 1 spiro atoms. The van der Waals surface area contributed by atoms with Gasteiger partial charge in [-0.2, -0.15) is 0 Å². The van der Waals surface area contributed by atoms with Crippen LogP contribution in [0.5, 0.6) is 0 Å². The van der Waals surface area contributed by atoms with Crippen LogP contribution in [0, 0.1) is 5.92 Å². The van der Waals surface area contributed by atoms with Crippen LogP contribution in [-0.4, -0.2) is 34.4 Å². The van der Waals surface area contributed by atoms with Crippen LogP contribution in [0.25, 0.3) is 10.9 Å². The summed E-state index contributed by atoms with van der Waals surface area (Å²) in [7, 11) is 0. The van der Waals surface area contributed by atoms with Gasteiger partial charge in [-0.05, 0) is 48.4 Å². The molecular formula is C23H18N2O2S. The molecule has 2 aromatic carbocycles. The second-order valence-corrected chi connectivity index (χ2v) is 8.74. The van der Waals surface area contributed by atoms with Crippen molar-refractivity contribution in [2.45, 2.75) is 16.7 Å². The first kappa shape index (κ1) is 16.2. The monoisotopic (exact) mass is 386 g/mol. The average Bonchev–Trinajstić information content (AvgIpc) is 3.12. The van der Waals surface area contributed by atoms with Gasteiger partial charge in [-0.1, -0.05) is 24.3 Å². The molecule has 5 heteroatoms. The van der Waals surface area contributed by atoms with Crippen molar-refractivity contribution in [1.82, 2.24) is 9.88 Å². The fourth-order valence-electron chi connectivity index (χ4n) is 5.08. The number of carbonyl (C=O) groups is 2. The minimum absolute atomic E-state index is 0.00262. The average molecular weight is 386 g/mol. The van der Waals surface area contributed by atoms with E-state index in [0.717, 1.165) is 34.1 Å². The van der Waals surface area contributed by atoms with Crippen molar-refractivity contribution < 1.29 is 9.59 Å². The third kappa shape index (κ3) is 1.97. The number of hydrogen-bond acceptors (Lipinski definition) is 3. The van der Waals surface area contributed by atoms with Gasteiger partial charge < -0.3 is 9.88 Å². The number of fused-ring (bicyclic) bond motifs is 2. The number of benzene rings is 2. The summed E-state index contributed by atoms with van der Waals surface area (Å²) in [6, 6.07) is 15.9. The Morgan fingerprint density at radius 3 is 2.93 bits per heavy atom.